The van der Waals surface area contributed by atoms with Gasteiger partial charge in [-0.2, -0.15) is 24.9 Å². The summed E-state index contributed by atoms with van der Waals surface area (Å²) in [5.41, 5.74) is -0.497. The summed E-state index contributed by atoms with van der Waals surface area (Å²) in [4.78, 5) is 11.5. The Morgan fingerprint density at radius 2 is 2.17 bits per heavy atom. The number of aliphatic hydroxyl groups excluding tert-OH is 1. The number of hydrogen-bond donors (Lipinski definition) is 2. The fourth-order valence-electron chi connectivity index (χ4n) is 1.52. The normalized spacial score (nSPS) is 12.2. The zero-order valence-electron chi connectivity index (χ0n) is 12.6. The number of benzene rings is 1. The number of carbonyl (C=O) groups is 1. The third kappa shape index (κ3) is 7.95. The summed E-state index contributed by atoms with van der Waals surface area (Å²) in [5, 5.41) is 11.4. The molecule has 0 bridgehead atoms. The molecule has 3 nitrogen and oxygen atoms in total. The maximum Gasteiger partial charge on any atom is 0.416 e. The lowest BCUT2D eigenvalue weighted by atomic mass is 10.1. The Bertz CT molecular complexity index is 579. The minimum Gasteiger partial charge on any atom is -0.396 e. The Hall–Kier alpha value is -1.65. The average molecular weight is 345 g/mol. The van der Waals surface area contributed by atoms with Crippen LogP contribution in [0.4, 0.5) is 13.2 Å². The number of nitrogens with one attached hydrogen (secondary N) is 1. The standard InChI is InChI=1S/C16H18F3NO2S/c1-12(9-21)10-23-11-15(22)20-7-3-5-13-4-2-6-14(8-13)16(17,18)19/h2,4,6,8,12,21H,7,9-11H2,1H3,(H,20,22). The smallest absolute Gasteiger partial charge is 0.396 e. The number of thioether (sulfide) groups is 1. The lowest BCUT2D eigenvalue weighted by Gasteiger charge is -2.06. The molecule has 0 saturated heterocycles. The first-order chi connectivity index (χ1) is 10.8. The van der Waals surface area contributed by atoms with Crippen molar-refractivity contribution in [3.63, 3.8) is 0 Å². The van der Waals surface area contributed by atoms with Gasteiger partial charge in [0.05, 0.1) is 17.9 Å². The second kappa shape index (κ2) is 9.48. The largest absolute Gasteiger partial charge is 0.416 e. The predicted octanol–water partition coefficient (Wildman–Crippen LogP) is 2.53. The minimum atomic E-state index is -4.39. The third-order valence-electron chi connectivity index (χ3n) is 2.74. The van der Waals surface area contributed by atoms with Gasteiger partial charge in [-0.05, 0) is 29.9 Å². The number of carbonyl (C=O) groups excluding carboxylic acids is 1. The maximum absolute atomic E-state index is 12.5. The van der Waals surface area contributed by atoms with Gasteiger partial charge in [0.1, 0.15) is 0 Å². The molecule has 2 N–H and O–H groups in total. The zero-order chi connectivity index (χ0) is 17.3. The summed E-state index contributed by atoms with van der Waals surface area (Å²) in [6.45, 7) is 2.04. The molecular formula is C16H18F3NO2S. The van der Waals surface area contributed by atoms with Crippen LogP contribution in [0.1, 0.15) is 18.1 Å². The van der Waals surface area contributed by atoms with Crippen LogP contribution in [0.25, 0.3) is 0 Å². The highest BCUT2D eigenvalue weighted by molar-refractivity contribution is 7.99. The van der Waals surface area contributed by atoms with E-state index >= 15 is 0 Å². The van der Waals surface area contributed by atoms with Gasteiger partial charge in [-0.3, -0.25) is 4.79 Å². The van der Waals surface area contributed by atoms with E-state index in [0.29, 0.717) is 5.75 Å². The summed E-state index contributed by atoms with van der Waals surface area (Å²) in [7, 11) is 0. The number of rotatable bonds is 6. The van der Waals surface area contributed by atoms with Crippen molar-refractivity contribution in [1.29, 1.82) is 0 Å². The van der Waals surface area contributed by atoms with Crippen molar-refractivity contribution in [3.8, 4) is 11.8 Å². The topological polar surface area (TPSA) is 49.3 Å². The van der Waals surface area contributed by atoms with Gasteiger partial charge in [-0.25, -0.2) is 0 Å². The molecule has 0 aromatic heterocycles. The van der Waals surface area contributed by atoms with Crippen LogP contribution in [-0.2, 0) is 11.0 Å². The first-order valence-corrected chi connectivity index (χ1v) is 8.10. The molecule has 0 aliphatic heterocycles. The molecule has 0 saturated carbocycles. The number of amides is 1. The lowest BCUT2D eigenvalue weighted by molar-refractivity contribution is -0.137. The number of halogens is 3. The van der Waals surface area contributed by atoms with Crippen molar-refractivity contribution in [2.45, 2.75) is 13.1 Å². The molecule has 1 aromatic carbocycles. The van der Waals surface area contributed by atoms with Crippen LogP contribution in [0.15, 0.2) is 24.3 Å². The number of aliphatic hydroxyl groups is 1. The van der Waals surface area contributed by atoms with E-state index in [9.17, 15) is 18.0 Å². The molecule has 1 aromatic rings. The van der Waals surface area contributed by atoms with E-state index in [1.165, 1.54) is 23.9 Å². The van der Waals surface area contributed by atoms with Crippen molar-refractivity contribution < 1.29 is 23.1 Å². The zero-order valence-corrected chi connectivity index (χ0v) is 13.4. The fourth-order valence-corrected chi connectivity index (χ4v) is 2.43. The molecule has 7 heteroatoms. The molecular weight excluding hydrogens is 327 g/mol. The Labute approximate surface area is 137 Å². The van der Waals surface area contributed by atoms with Crippen molar-refractivity contribution >= 4 is 17.7 Å². The van der Waals surface area contributed by atoms with E-state index < -0.39 is 11.7 Å². The van der Waals surface area contributed by atoms with Gasteiger partial charge in [0.2, 0.25) is 5.91 Å². The van der Waals surface area contributed by atoms with Crippen LogP contribution in [0.3, 0.4) is 0 Å². The van der Waals surface area contributed by atoms with Gasteiger partial charge < -0.3 is 10.4 Å². The quantitative estimate of drug-likeness (QED) is 0.779. The summed E-state index contributed by atoms with van der Waals surface area (Å²) in [5.74, 6) is 6.09. The van der Waals surface area contributed by atoms with Crippen molar-refractivity contribution in [1.82, 2.24) is 5.32 Å². The van der Waals surface area contributed by atoms with E-state index in [-0.39, 0.29) is 36.3 Å². The molecule has 1 rings (SSSR count). The predicted molar refractivity (Wildman–Crippen MR) is 84.9 cm³/mol. The van der Waals surface area contributed by atoms with Crippen molar-refractivity contribution in [3.05, 3.63) is 35.4 Å². The van der Waals surface area contributed by atoms with Gasteiger partial charge in [0.15, 0.2) is 0 Å². The number of hydrogen-bond acceptors (Lipinski definition) is 3. The van der Waals surface area contributed by atoms with Gasteiger partial charge in [-0.15, -0.1) is 0 Å². The second-order valence-electron chi connectivity index (χ2n) is 4.96. The van der Waals surface area contributed by atoms with E-state index in [2.05, 4.69) is 17.2 Å². The number of alkyl halides is 3. The SMILES string of the molecule is CC(CO)CSCC(=O)NCC#Cc1cccc(C(F)(F)F)c1. The molecule has 23 heavy (non-hydrogen) atoms. The van der Waals surface area contributed by atoms with E-state index in [1.807, 2.05) is 6.92 Å². The minimum absolute atomic E-state index is 0.0746. The summed E-state index contributed by atoms with van der Waals surface area (Å²) >= 11 is 1.41. The highest BCUT2D eigenvalue weighted by Gasteiger charge is 2.30. The Morgan fingerprint density at radius 3 is 2.83 bits per heavy atom. The van der Waals surface area contributed by atoms with Gasteiger partial charge >= 0.3 is 6.18 Å². The fraction of sp³-hybridized carbons (Fsp3) is 0.438. The van der Waals surface area contributed by atoms with Crippen LogP contribution < -0.4 is 5.32 Å². The molecule has 0 spiro atoms. The Kier molecular flexibility index (Phi) is 8.00. The molecule has 0 heterocycles. The van der Waals surface area contributed by atoms with Gasteiger partial charge in [-0.1, -0.05) is 24.8 Å². The Balaban J connectivity index is 2.39. The van der Waals surface area contributed by atoms with Crippen molar-refractivity contribution in [2.75, 3.05) is 24.7 Å². The molecule has 1 atom stereocenters. The molecule has 1 unspecified atom stereocenters. The van der Waals surface area contributed by atoms with Crippen LogP contribution in [0, 0.1) is 17.8 Å². The van der Waals surface area contributed by atoms with E-state index in [1.54, 1.807) is 0 Å². The van der Waals surface area contributed by atoms with E-state index in [0.717, 1.165) is 12.1 Å². The van der Waals surface area contributed by atoms with Crippen LogP contribution in [0.5, 0.6) is 0 Å². The first kappa shape index (κ1) is 19.4. The summed E-state index contributed by atoms with van der Waals surface area (Å²) in [6.07, 6.45) is -4.39. The van der Waals surface area contributed by atoms with Crippen molar-refractivity contribution in [2.24, 2.45) is 5.92 Å². The monoisotopic (exact) mass is 345 g/mol. The van der Waals surface area contributed by atoms with Gasteiger partial charge in [0.25, 0.3) is 0 Å². The summed E-state index contributed by atoms with van der Waals surface area (Å²) < 4.78 is 37.6. The highest BCUT2D eigenvalue weighted by Crippen LogP contribution is 2.29. The molecule has 0 aliphatic carbocycles. The Morgan fingerprint density at radius 1 is 1.43 bits per heavy atom. The molecule has 0 fully saturated rings. The van der Waals surface area contributed by atoms with Crippen LogP contribution in [-0.4, -0.2) is 35.7 Å². The average Bonchev–Trinajstić information content (AvgIpc) is 2.51. The van der Waals surface area contributed by atoms with E-state index in [4.69, 9.17) is 5.11 Å². The molecule has 0 aliphatic rings. The van der Waals surface area contributed by atoms with Crippen LogP contribution in [0.2, 0.25) is 0 Å². The highest BCUT2D eigenvalue weighted by atomic mass is 32.2. The second-order valence-corrected chi connectivity index (χ2v) is 5.99. The third-order valence-corrected chi connectivity index (χ3v) is 4.01. The maximum atomic E-state index is 12.5. The molecule has 1 amide bonds. The molecule has 126 valence electrons. The lowest BCUT2D eigenvalue weighted by Crippen LogP contribution is -2.25. The summed E-state index contributed by atoms with van der Waals surface area (Å²) in [6, 6.07) is 4.74. The molecule has 0 radical (unpaired) electrons. The van der Waals surface area contributed by atoms with Gasteiger partial charge in [0, 0.05) is 12.2 Å². The first-order valence-electron chi connectivity index (χ1n) is 6.94. The van der Waals surface area contributed by atoms with Crippen LogP contribution >= 0.6 is 11.8 Å².